The predicted octanol–water partition coefficient (Wildman–Crippen LogP) is 0.434. The number of hydrogen-bond acceptors (Lipinski definition) is 6. The SMILES string of the molecule is NNC(=O)C=Cc1ccc(N2CCOCC2)c([N+](=O)[O-])c1. The lowest BCUT2D eigenvalue weighted by Crippen LogP contribution is -2.36. The predicted molar refractivity (Wildman–Crippen MR) is 77.5 cm³/mol. The minimum absolute atomic E-state index is 0.00667. The number of benzene rings is 1. The van der Waals surface area contributed by atoms with E-state index in [1.54, 1.807) is 12.1 Å². The van der Waals surface area contributed by atoms with Crippen LogP contribution < -0.4 is 16.2 Å². The molecule has 0 radical (unpaired) electrons. The molecule has 1 saturated heterocycles. The van der Waals surface area contributed by atoms with Crippen molar-refractivity contribution in [3.8, 4) is 0 Å². The molecule has 1 aliphatic heterocycles. The number of nitro groups is 1. The van der Waals surface area contributed by atoms with Gasteiger partial charge in [-0.05, 0) is 17.7 Å². The Kier molecular flexibility index (Phi) is 4.85. The van der Waals surface area contributed by atoms with Gasteiger partial charge in [-0.25, -0.2) is 5.84 Å². The zero-order valence-electron chi connectivity index (χ0n) is 11.3. The van der Waals surface area contributed by atoms with Gasteiger partial charge in [-0.15, -0.1) is 0 Å². The van der Waals surface area contributed by atoms with Crippen molar-refractivity contribution in [2.45, 2.75) is 0 Å². The highest BCUT2D eigenvalue weighted by atomic mass is 16.6. The molecule has 0 spiro atoms. The Balaban J connectivity index is 2.28. The molecule has 21 heavy (non-hydrogen) atoms. The Bertz CT molecular complexity index is 567. The van der Waals surface area contributed by atoms with E-state index in [0.717, 1.165) is 0 Å². The number of carbonyl (C=O) groups excluding carboxylic acids is 1. The van der Waals surface area contributed by atoms with Crippen LogP contribution >= 0.6 is 0 Å². The van der Waals surface area contributed by atoms with Crippen LogP contribution in [0.5, 0.6) is 0 Å². The summed E-state index contributed by atoms with van der Waals surface area (Å²) in [5.74, 6) is 4.48. The number of hydrazine groups is 1. The molecule has 8 heteroatoms. The average Bonchev–Trinajstić information content (AvgIpc) is 2.53. The highest BCUT2D eigenvalue weighted by Crippen LogP contribution is 2.30. The summed E-state index contributed by atoms with van der Waals surface area (Å²) in [6.45, 7) is 2.34. The van der Waals surface area contributed by atoms with Crippen molar-refractivity contribution < 1.29 is 14.5 Å². The van der Waals surface area contributed by atoms with E-state index in [1.807, 2.05) is 10.3 Å². The van der Waals surface area contributed by atoms with Gasteiger partial charge in [0.15, 0.2) is 0 Å². The van der Waals surface area contributed by atoms with E-state index in [1.165, 1.54) is 18.2 Å². The highest BCUT2D eigenvalue weighted by molar-refractivity contribution is 5.91. The van der Waals surface area contributed by atoms with Crippen molar-refractivity contribution >= 4 is 23.4 Å². The fourth-order valence-corrected chi connectivity index (χ4v) is 2.08. The minimum atomic E-state index is -0.477. The second kappa shape index (κ2) is 6.82. The molecule has 2 rings (SSSR count). The van der Waals surface area contributed by atoms with Gasteiger partial charge in [0.25, 0.3) is 11.6 Å². The Morgan fingerprint density at radius 3 is 2.76 bits per heavy atom. The van der Waals surface area contributed by atoms with E-state index in [2.05, 4.69) is 0 Å². The van der Waals surface area contributed by atoms with Crippen LogP contribution in [0.3, 0.4) is 0 Å². The van der Waals surface area contributed by atoms with Gasteiger partial charge in [-0.3, -0.25) is 20.3 Å². The first-order valence-electron chi connectivity index (χ1n) is 6.41. The molecule has 112 valence electrons. The van der Waals surface area contributed by atoms with E-state index in [4.69, 9.17) is 10.6 Å². The van der Waals surface area contributed by atoms with Crippen LogP contribution in [0.15, 0.2) is 24.3 Å². The van der Waals surface area contributed by atoms with Crippen molar-refractivity contribution in [3.63, 3.8) is 0 Å². The van der Waals surface area contributed by atoms with Gasteiger partial charge >= 0.3 is 0 Å². The summed E-state index contributed by atoms with van der Waals surface area (Å²) in [4.78, 5) is 23.8. The van der Waals surface area contributed by atoms with Gasteiger partial charge in [0.2, 0.25) is 0 Å². The molecular formula is C13H16N4O4. The third kappa shape index (κ3) is 3.77. The van der Waals surface area contributed by atoms with E-state index in [0.29, 0.717) is 37.6 Å². The summed E-state index contributed by atoms with van der Waals surface area (Å²) in [6, 6.07) is 4.84. The average molecular weight is 292 g/mol. The Morgan fingerprint density at radius 1 is 1.43 bits per heavy atom. The molecule has 1 aromatic carbocycles. The number of nitrogens with zero attached hydrogens (tertiary/aromatic N) is 2. The molecule has 0 saturated carbocycles. The smallest absolute Gasteiger partial charge is 0.293 e. The number of carbonyl (C=O) groups is 1. The molecule has 0 bridgehead atoms. The summed E-state index contributed by atoms with van der Waals surface area (Å²) in [6.07, 6.45) is 2.69. The molecule has 0 aromatic heterocycles. The summed E-state index contributed by atoms with van der Waals surface area (Å²) in [5, 5.41) is 11.2. The lowest BCUT2D eigenvalue weighted by atomic mass is 10.1. The molecular weight excluding hydrogens is 276 g/mol. The number of nitro benzene ring substituents is 1. The number of amides is 1. The van der Waals surface area contributed by atoms with Crippen molar-refractivity contribution in [3.05, 3.63) is 40.0 Å². The molecule has 3 N–H and O–H groups in total. The summed E-state index contributed by atoms with van der Waals surface area (Å²) in [5.41, 5.74) is 3.08. The molecule has 1 aromatic rings. The van der Waals surface area contributed by atoms with Crippen LogP contribution in [0.2, 0.25) is 0 Å². The fourth-order valence-electron chi connectivity index (χ4n) is 2.08. The molecule has 8 nitrogen and oxygen atoms in total. The standard InChI is InChI=1S/C13H16N4O4/c14-15-13(18)4-2-10-1-3-11(12(9-10)17(19)20)16-5-7-21-8-6-16/h1-4,9H,5-8,14H2,(H,15,18). The first-order chi connectivity index (χ1) is 10.1. The maximum absolute atomic E-state index is 11.2. The minimum Gasteiger partial charge on any atom is -0.378 e. The Labute approximate surface area is 121 Å². The molecule has 0 unspecified atom stereocenters. The number of anilines is 1. The van der Waals surface area contributed by atoms with E-state index in [9.17, 15) is 14.9 Å². The summed E-state index contributed by atoms with van der Waals surface area (Å²) in [7, 11) is 0. The van der Waals surface area contributed by atoms with Crippen LogP contribution in [0.4, 0.5) is 11.4 Å². The molecule has 1 aliphatic rings. The van der Waals surface area contributed by atoms with E-state index >= 15 is 0 Å². The maximum Gasteiger partial charge on any atom is 0.293 e. The summed E-state index contributed by atoms with van der Waals surface area (Å²) < 4.78 is 5.24. The molecule has 1 amide bonds. The third-order valence-electron chi connectivity index (χ3n) is 3.12. The van der Waals surface area contributed by atoms with E-state index < -0.39 is 10.8 Å². The van der Waals surface area contributed by atoms with Gasteiger partial charge < -0.3 is 9.64 Å². The number of nitrogens with one attached hydrogen (secondary N) is 1. The van der Waals surface area contributed by atoms with Crippen molar-refractivity contribution in [1.29, 1.82) is 0 Å². The monoisotopic (exact) mass is 292 g/mol. The second-order valence-electron chi connectivity index (χ2n) is 4.45. The van der Waals surface area contributed by atoms with Crippen LogP contribution in [0.25, 0.3) is 6.08 Å². The van der Waals surface area contributed by atoms with Crippen LogP contribution in [-0.2, 0) is 9.53 Å². The highest BCUT2D eigenvalue weighted by Gasteiger charge is 2.21. The normalized spacial score (nSPS) is 15.2. The number of morpholine rings is 1. The van der Waals surface area contributed by atoms with Gasteiger partial charge in [0.1, 0.15) is 5.69 Å². The lowest BCUT2D eigenvalue weighted by molar-refractivity contribution is -0.384. The Hall–Kier alpha value is -2.45. The fraction of sp³-hybridized carbons (Fsp3) is 0.308. The topological polar surface area (TPSA) is 111 Å². The van der Waals surface area contributed by atoms with Crippen LogP contribution in [0, 0.1) is 10.1 Å². The Morgan fingerprint density at radius 2 is 2.14 bits per heavy atom. The third-order valence-corrected chi connectivity index (χ3v) is 3.12. The quantitative estimate of drug-likeness (QED) is 0.274. The summed E-state index contributed by atoms with van der Waals surface area (Å²) >= 11 is 0. The maximum atomic E-state index is 11.2. The lowest BCUT2D eigenvalue weighted by Gasteiger charge is -2.28. The zero-order chi connectivity index (χ0) is 15.2. The first-order valence-corrected chi connectivity index (χ1v) is 6.41. The molecule has 1 fully saturated rings. The molecule has 1 heterocycles. The van der Waals surface area contributed by atoms with Crippen LogP contribution in [0.1, 0.15) is 5.56 Å². The van der Waals surface area contributed by atoms with Crippen molar-refractivity contribution in [1.82, 2.24) is 5.43 Å². The number of ether oxygens (including phenoxy) is 1. The zero-order valence-corrected chi connectivity index (χ0v) is 11.3. The number of rotatable bonds is 4. The van der Waals surface area contributed by atoms with Gasteiger partial charge in [-0.1, -0.05) is 6.07 Å². The van der Waals surface area contributed by atoms with Gasteiger partial charge in [0.05, 0.1) is 18.1 Å². The number of nitrogens with two attached hydrogens (primary N) is 1. The number of hydrogen-bond donors (Lipinski definition) is 2. The molecule has 0 atom stereocenters. The van der Waals surface area contributed by atoms with Gasteiger partial charge in [0, 0.05) is 25.2 Å². The van der Waals surface area contributed by atoms with Gasteiger partial charge in [-0.2, -0.15) is 0 Å². The first kappa shape index (κ1) is 14.9. The van der Waals surface area contributed by atoms with Crippen molar-refractivity contribution in [2.75, 3.05) is 31.2 Å². The van der Waals surface area contributed by atoms with Crippen LogP contribution in [-0.4, -0.2) is 37.1 Å². The largest absolute Gasteiger partial charge is 0.378 e. The molecule has 0 aliphatic carbocycles. The second-order valence-corrected chi connectivity index (χ2v) is 4.45. The van der Waals surface area contributed by atoms with E-state index in [-0.39, 0.29) is 5.69 Å². The van der Waals surface area contributed by atoms with Crippen molar-refractivity contribution in [2.24, 2.45) is 5.84 Å².